The molecule has 1 atom stereocenters. The Labute approximate surface area is 127 Å². The third kappa shape index (κ3) is 4.57. The number of hydrogen-bond acceptors (Lipinski definition) is 2. The Kier molecular flexibility index (Phi) is 5.04. The third-order valence-electron chi connectivity index (χ3n) is 4.16. The first-order valence-electron chi connectivity index (χ1n) is 7.91. The van der Waals surface area contributed by atoms with Crippen LogP contribution in [0, 0.1) is 5.41 Å². The van der Waals surface area contributed by atoms with Gasteiger partial charge < -0.3 is 10.4 Å². The topological polar surface area (TPSA) is 49.3 Å². The lowest BCUT2D eigenvalue weighted by molar-refractivity contribution is 0.0897. The van der Waals surface area contributed by atoms with Crippen molar-refractivity contribution in [1.82, 2.24) is 5.32 Å². The van der Waals surface area contributed by atoms with Crippen LogP contribution in [0.5, 0.6) is 0 Å². The predicted octanol–water partition coefficient (Wildman–Crippen LogP) is 3.48. The summed E-state index contributed by atoms with van der Waals surface area (Å²) in [5.41, 5.74) is 2.09. The Bertz CT molecular complexity index is 469. The number of amides is 1. The first kappa shape index (κ1) is 16.0. The van der Waals surface area contributed by atoms with E-state index in [1.807, 2.05) is 12.1 Å². The molecule has 1 aromatic carbocycles. The van der Waals surface area contributed by atoms with Gasteiger partial charge in [0.25, 0.3) is 5.91 Å². The van der Waals surface area contributed by atoms with Crippen molar-refractivity contribution in [3.8, 4) is 0 Å². The van der Waals surface area contributed by atoms with E-state index >= 15 is 0 Å². The molecule has 1 aliphatic carbocycles. The lowest BCUT2D eigenvalue weighted by Crippen LogP contribution is -2.40. The largest absolute Gasteiger partial charge is 0.394 e. The predicted molar refractivity (Wildman–Crippen MR) is 85.4 cm³/mol. The van der Waals surface area contributed by atoms with Crippen molar-refractivity contribution in [2.45, 2.75) is 58.4 Å². The van der Waals surface area contributed by atoms with E-state index in [4.69, 9.17) is 0 Å². The van der Waals surface area contributed by atoms with Crippen molar-refractivity contribution in [3.05, 3.63) is 35.4 Å². The minimum Gasteiger partial charge on any atom is -0.394 e. The highest BCUT2D eigenvalue weighted by molar-refractivity contribution is 5.94. The maximum atomic E-state index is 12.2. The standard InChI is InChI=1S/C18H27NO2/c1-18(2,3)11-16(12-20)19-17(21)15-9-7-14(8-10-15)13-5-4-6-13/h7-10,13,16,20H,4-6,11-12H2,1-3H3,(H,19,21)/t16-/m0/s1. The first-order valence-corrected chi connectivity index (χ1v) is 7.91. The van der Waals surface area contributed by atoms with E-state index in [0.717, 1.165) is 6.42 Å². The zero-order chi connectivity index (χ0) is 15.5. The zero-order valence-electron chi connectivity index (χ0n) is 13.4. The van der Waals surface area contributed by atoms with Gasteiger partial charge in [-0.3, -0.25) is 4.79 Å². The van der Waals surface area contributed by atoms with Gasteiger partial charge in [0.1, 0.15) is 0 Å². The first-order chi connectivity index (χ1) is 9.89. The molecule has 3 heteroatoms. The van der Waals surface area contributed by atoms with Gasteiger partial charge in [-0.1, -0.05) is 39.3 Å². The molecule has 1 aliphatic rings. The number of aliphatic hydroxyl groups is 1. The molecule has 0 bridgehead atoms. The molecule has 0 spiro atoms. The van der Waals surface area contributed by atoms with Crippen LogP contribution in [0.25, 0.3) is 0 Å². The Morgan fingerprint density at radius 3 is 2.33 bits per heavy atom. The van der Waals surface area contributed by atoms with Crippen LogP contribution in [0.3, 0.4) is 0 Å². The number of hydrogen-bond donors (Lipinski definition) is 2. The van der Waals surface area contributed by atoms with Gasteiger partial charge in [0.2, 0.25) is 0 Å². The van der Waals surface area contributed by atoms with Gasteiger partial charge in [0, 0.05) is 5.56 Å². The highest BCUT2D eigenvalue weighted by Crippen LogP contribution is 2.36. The summed E-state index contributed by atoms with van der Waals surface area (Å²) in [7, 11) is 0. The molecule has 2 rings (SSSR count). The van der Waals surface area contributed by atoms with Crippen LogP contribution in [0.4, 0.5) is 0 Å². The molecule has 1 amide bonds. The molecular weight excluding hydrogens is 262 g/mol. The molecule has 0 aromatic heterocycles. The quantitative estimate of drug-likeness (QED) is 0.872. The lowest BCUT2D eigenvalue weighted by Gasteiger charge is -2.26. The second kappa shape index (κ2) is 6.61. The number of carbonyl (C=O) groups is 1. The molecule has 3 nitrogen and oxygen atoms in total. The normalized spacial score (nSPS) is 17.1. The molecule has 0 radical (unpaired) electrons. The van der Waals surface area contributed by atoms with Crippen molar-refractivity contribution >= 4 is 5.91 Å². The van der Waals surface area contributed by atoms with Crippen LogP contribution in [0.2, 0.25) is 0 Å². The number of carbonyl (C=O) groups excluding carboxylic acids is 1. The maximum Gasteiger partial charge on any atom is 0.251 e. The monoisotopic (exact) mass is 289 g/mol. The van der Waals surface area contributed by atoms with Crippen molar-refractivity contribution in [1.29, 1.82) is 0 Å². The molecule has 116 valence electrons. The lowest BCUT2D eigenvalue weighted by atomic mass is 9.80. The molecular formula is C18H27NO2. The molecule has 1 saturated carbocycles. The van der Waals surface area contributed by atoms with E-state index in [9.17, 15) is 9.90 Å². The zero-order valence-corrected chi connectivity index (χ0v) is 13.4. The summed E-state index contributed by atoms with van der Waals surface area (Å²) in [6, 6.07) is 7.74. The molecule has 21 heavy (non-hydrogen) atoms. The van der Waals surface area contributed by atoms with Crippen molar-refractivity contribution in [3.63, 3.8) is 0 Å². The summed E-state index contributed by atoms with van der Waals surface area (Å²) in [5.74, 6) is 0.589. The van der Waals surface area contributed by atoms with Gasteiger partial charge in [-0.2, -0.15) is 0 Å². The van der Waals surface area contributed by atoms with Gasteiger partial charge in [0.05, 0.1) is 12.6 Å². The van der Waals surface area contributed by atoms with Crippen LogP contribution in [-0.4, -0.2) is 23.7 Å². The van der Waals surface area contributed by atoms with Gasteiger partial charge >= 0.3 is 0 Å². The second-order valence-corrected chi connectivity index (χ2v) is 7.37. The number of nitrogens with one attached hydrogen (secondary N) is 1. The van der Waals surface area contributed by atoms with E-state index in [-0.39, 0.29) is 24.0 Å². The maximum absolute atomic E-state index is 12.2. The van der Waals surface area contributed by atoms with Crippen molar-refractivity contribution < 1.29 is 9.90 Å². The van der Waals surface area contributed by atoms with Crippen molar-refractivity contribution in [2.24, 2.45) is 5.41 Å². The average Bonchev–Trinajstić information content (AvgIpc) is 2.35. The minimum absolute atomic E-state index is 0.0246. The van der Waals surface area contributed by atoms with Crippen LogP contribution in [0.1, 0.15) is 68.3 Å². The molecule has 1 fully saturated rings. The number of rotatable bonds is 5. The Morgan fingerprint density at radius 2 is 1.90 bits per heavy atom. The van der Waals surface area contributed by atoms with Crippen molar-refractivity contribution in [2.75, 3.05) is 6.61 Å². The van der Waals surface area contributed by atoms with Crippen LogP contribution >= 0.6 is 0 Å². The van der Waals surface area contributed by atoms with Gasteiger partial charge in [0.15, 0.2) is 0 Å². The average molecular weight is 289 g/mol. The summed E-state index contributed by atoms with van der Waals surface area (Å²) in [6.45, 7) is 6.29. The smallest absolute Gasteiger partial charge is 0.251 e. The highest BCUT2D eigenvalue weighted by Gasteiger charge is 2.21. The Balaban J connectivity index is 1.95. The second-order valence-electron chi connectivity index (χ2n) is 7.37. The summed E-state index contributed by atoms with van der Waals surface area (Å²) in [5, 5.41) is 12.4. The summed E-state index contributed by atoms with van der Waals surface area (Å²) in [4.78, 5) is 12.2. The van der Waals surface area contributed by atoms with Crippen LogP contribution in [0.15, 0.2) is 24.3 Å². The van der Waals surface area contributed by atoms with Gasteiger partial charge in [-0.15, -0.1) is 0 Å². The molecule has 0 saturated heterocycles. The fraction of sp³-hybridized carbons (Fsp3) is 0.611. The van der Waals surface area contributed by atoms with Crippen LogP contribution in [-0.2, 0) is 0 Å². The number of benzene rings is 1. The van der Waals surface area contributed by atoms with E-state index in [2.05, 4.69) is 38.2 Å². The fourth-order valence-electron chi connectivity index (χ4n) is 2.82. The van der Waals surface area contributed by atoms with E-state index in [1.165, 1.54) is 24.8 Å². The Hall–Kier alpha value is -1.35. The summed E-state index contributed by atoms with van der Waals surface area (Å²) < 4.78 is 0. The van der Waals surface area contributed by atoms with E-state index in [0.29, 0.717) is 11.5 Å². The third-order valence-corrected chi connectivity index (χ3v) is 4.16. The molecule has 0 unspecified atom stereocenters. The molecule has 0 heterocycles. The van der Waals surface area contributed by atoms with E-state index < -0.39 is 0 Å². The van der Waals surface area contributed by atoms with E-state index in [1.54, 1.807) is 0 Å². The number of aliphatic hydroxyl groups excluding tert-OH is 1. The van der Waals surface area contributed by atoms with Crippen LogP contribution < -0.4 is 5.32 Å². The molecule has 0 aliphatic heterocycles. The molecule has 2 N–H and O–H groups in total. The van der Waals surface area contributed by atoms with Gasteiger partial charge in [-0.05, 0) is 48.3 Å². The molecule has 1 aromatic rings. The summed E-state index contributed by atoms with van der Waals surface area (Å²) in [6.07, 6.45) is 4.61. The van der Waals surface area contributed by atoms with Gasteiger partial charge in [-0.25, -0.2) is 0 Å². The Morgan fingerprint density at radius 1 is 1.29 bits per heavy atom. The fourth-order valence-corrected chi connectivity index (χ4v) is 2.82. The summed E-state index contributed by atoms with van der Waals surface area (Å²) >= 11 is 0. The SMILES string of the molecule is CC(C)(C)C[C@@H](CO)NC(=O)c1ccc(C2CCC2)cc1. The minimum atomic E-state index is -0.191. The highest BCUT2D eigenvalue weighted by atomic mass is 16.3.